The average Bonchev–Trinajstić information content (AvgIpc) is 3.01. The zero-order chi connectivity index (χ0) is 30.2. The third-order valence-corrected chi connectivity index (χ3v) is 7.03. The highest BCUT2D eigenvalue weighted by molar-refractivity contribution is 6.02. The molecule has 4 N–H and O–H groups in total. The van der Waals surface area contributed by atoms with Crippen LogP contribution in [0, 0.1) is 5.41 Å². The molecule has 0 saturated carbocycles. The van der Waals surface area contributed by atoms with Crippen LogP contribution in [0.15, 0.2) is 55.4 Å². The molecular weight excluding hydrogens is 534 g/mol. The van der Waals surface area contributed by atoms with E-state index in [2.05, 4.69) is 42.3 Å². The monoisotopic (exact) mass is 571 g/mol. The predicted molar refractivity (Wildman–Crippen MR) is 167 cm³/mol. The Bertz CT molecular complexity index is 1470. The van der Waals surface area contributed by atoms with Crippen LogP contribution in [0.1, 0.15) is 5.56 Å². The molecule has 1 aliphatic heterocycles. The summed E-state index contributed by atoms with van der Waals surface area (Å²) in [5.41, 5.74) is 5.11. The van der Waals surface area contributed by atoms with E-state index in [1.165, 1.54) is 18.6 Å². The minimum absolute atomic E-state index is 0.0671. The zero-order valence-electron chi connectivity index (χ0n) is 24.4. The van der Waals surface area contributed by atoms with Gasteiger partial charge in [-0.1, -0.05) is 12.6 Å². The number of carbonyl (C=O) groups is 2. The molecule has 4 rings (SSSR count). The molecule has 0 radical (unpaired) electrons. The van der Waals surface area contributed by atoms with Crippen LogP contribution >= 0.6 is 0 Å². The molecule has 0 spiro atoms. The minimum atomic E-state index is -0.334. The van der Waals surface area contributed by atoms with E-state index in [1.54, 1.807) is 26.1 Å². The van der Waals surface area contributed by atoms with Crippen LogP contribution < -0.4 is 25.6 Å². The second-order valence-corrected chi connectivity index (χ2v) is 9.92. The maximum absolute atomic E-state index is 12.4. The number of piperazine rings is 1. The Hall–Kier alpha value is -4.97. The molecule has 0 bridgehead atoms. The Kier molecular flexibility index (Phi) is 9.71. The number of amides is 2. The fourth-order valence-corrected chi connectivity index (χ4v) is 4.65. The number of rotatable bonds is 11. The van der Waals surface area contributed by atoms with Crippen LogP contribution in [0.5, 0.6) is 5.75 Å². The van der Waals surface area contributed by atoms with Crippen LogP contribution in [0.2, 0.25) is 0 Å². The molecule has 1 aromatic heterocycles. The van der Waals surface area contributed by atoms with E-state index >= 15 is 0 Å². The fraction of sp³-hybridized carbons (Fsp3) is 0.300. The molecule has 1 aliphatic rings. The molecule has 1 fully saturated rings. The third-order valence-electron chi connectivity index (χ3n) is 7.03. The van der Waals surface area contributed by atoms with Crippen molar-refractivity contribution >= 4 is 46.6 Å². The summed E-state index contributed by atoms with van der Waals surface area (Å²) in [5, 5.41) is 17.0. The lowest BCUT2D eigenvalue weighted by Gasteiger charge is -2.37. The van der Waals surface area contributed by atoms with Gasteiger partial charge in [0.05, 0.1) is 36.4 Å². The van der Waals surface area contributed by atoms with Gasteiger partial charge in [-0.25, -0.2) is 9.97 Å². The first-order chi connectivity index (χ1) is 20.3. The Morgan fingerprint density at radius 1 is 1.07 bits per heavy atom. The molecule has 0 aliphatic carbocycles. The highest BCUT2D eigenvalue weighted by atomic mass is 16.5. The van der Waals surface area contributed by atoms with E-state index in [9.17, 15) is 9.59 Å². The smallest absolute Gasteiger partial charge is 0.247 e. The first-order valence-electron chi connectivity index (χ1n) is 13.5. The largest absolute Gasteiger partial charge is 0.494 e. The topological polar surface area (TPSA) is 139 Å². The van der Waals surface area contributed by atoms with Crippen LogP contribution in [0.3, 0.4) is 0 Å². The number of anilines is 5. The minimum Gasteiger partial charge on any atom is -0.494 e. The molecule has 0 atom stereocenters. The summed E-state index contributed by atoms with van der Waals surface area (Å²) < 4.78 is 5.75. The number of hydrogen-bond acceptors (Lipinski definition) is 10. The fourth-order valence-electron chi connectivity index (χ4n) is 4.65. The summed E-state index contributed by atoms with van der Waals surface area (Å²) in [6, 6.07) is 11.2. The molecule has 12 heteroatoms. The van der Waals surface area contributed by atoms with Gasteiger partial charge in [-0.2, -0.15) is 0 Å². The number of nitrogens with one attached hydrogen (secondary N) is 4. The van der Waals surface area contributed by atoms with Crippen molar-refractivity contribution in [2.75, 3.05) is 81.8 Å². The first-order valence-corrected chi connectivity index (χ1v) is 13.5. The van der Waals surface area contributed by atoms with Gasteiger partial charge in [-0.15, -0.1) is 0 Å². The Morgan fingerprint density at radius 2 is 1.83 bits per heavy atom. The standard InChI is InChI=1S/C30H37N9O3/c1-6-29(40)36-24-14-25(27(42-5)16-26(24)39-11-9-38(10-12-39)18-30(41)37(3)4)35-28-15-23(33-19-34-28)20-7-8-22(32-2)21(13-20)17-31/h6-8,13-17,19,31-32H,1,9-12,18H2,2-5H3,(H,36,40)(H,33,34,35). The molecule has 0 unspecified atom stereocenters. The van der Waals surface area contributed by atoms with E-state index in [-0.39, 0.29) is 11.8 Å². The summed E-state index contributed by atoms with van der Waals surface area (Å²) in [6.45, 7) is 6.72. The number of benzene rings is 2. The van der Waals surface area contributed by atoms with Crippen molar-refractivity contribution in [2.45, 2.75) is 0 Å². The number of ether oxygens (including phenoxy) is 1. The van der Waals surface area contributed by atoms with Crippen LogP contribution in [-0.4, -0.2) is 98.8 Å². The van der Waals surface area contributed by atoms with Crippen molar-refractivity contribution in [1.82, 2.24) is 19.8 Å². The second kappa shape index (κ2) is 13.6. The lowest BCUT2D eigenvalue weighted by atomic mass is 10.1. The number of hydrogen-bond donors (Lipinski definition) is 4. The van der Waals surface area contributed by atoms with Crippen molar-refractivity contribution in [2.24, 2.45) is 0 Å². The maximum Gasteiger partial charge on any atom is 0.247 e. The van der Waals surface area contributed by atoms with Gasteiger partial charge in [-0.05, 0) is 24.3 Å². The number of methoxy groups -OCH3 is 1. The molecule has 2 amide bonds. The van der Waals surface area contributed by atoms with Crippen molar-refractivity contribution < 1.29 is 14.3 Å². The lowest BCUT2D eigenvalue weighted by Crippen LogP contribution is -2.49. The van der Waals surface area contributed by atoms with Gasteiger partial charge < -0.3 is 35.9 Å². The molecule has 2 heterocycles. The highest BCUT2D eigenvalue weighted by Crippen LogP contribution is 2.39. The van der Waals surface area contributed by atoms with E-state index < -0.39 is 0 Å². The molecule has 12 nitrogen and oxygen atoms in total. The van der Waals surface area contributed by atoms with Crippen molar-refractivity contribution in [3.05, 3.63) is 60.9 Å². The van der Waals surface area contributed by atoms with Crippen LogP contribution in [-0.2, 0) is 9.59 Å². The number of nitrogens with zero attached hydrogens (tertiary/aromatic N) is 5. The lowest BCUT2D eigenvalue weighted by molar-refractivity contribution is -0.130. The molecule has 220 valence electrons. The van der Waals surface area contributed by atoms with E-state index in [0.717, 1.165) is 22.5 Å². The van der Waals surface area contributed by atoms with E-state index in [1.807, 2.05) is 43.4 Å². The average molecular weight is 572 g/mol. The van der Waals surface area contributed by atoms with Crippen molar-refractivity contribution in [3.8, 4) is 17.0 Å². The van der Waals surface area contributed by atoms with Gasteiger partial charge in [0.1, 0.15) is 17.9 Å². The van der Waals surface area contributed by atoms with E-state index in [4.69, 9.17) is 10.1 Å². The SMILES string of the molecule is C=CC(=O)Nc1cc(Nc2cc(-c3ccc(NC)c(C=N)c3)ncn2)c(OC)cc1N1CCN(CC(=O)N(C)C)CC1. The number of carbonyl (C=O) groups excluding carboxylic acids is 2. The molecule has 2 aromatic carbocycles. The molecule has 42 heavy (non-hydrogen) atoms. The van der Waals surface area contributed by atoms with Gasteiger partial charge in [0.2, 0.25) is 11.8 Å². The summed E-state index contributed by atoms with van der Waals surface area (Å²) in [4.78, 5) is 39.3. The van der Waals surface area contributed by atoms with Gasteiger partial charge in [-0.3, -0.25) is 14.5 Å². The number of aromatic nitrogens is 2. The zero-order valence-corrected chi connectivity index (χ0v) is 24.4. The quantitative estimate of drug-likeness (QED) is 0.202. The molecule has 3 aromatic rings. The summed E-state index contributed by atoms with van der Waals surface area (Å²) in [6.07, 6.45) is 3.99. The van der Waals surface area contributed by atoms with Crippen LogP contribution in [0.25, 0.3) is 11.3 Å². The van der Waals surface area contributed by atoms with E-state index in [0.29, 0.717) is 61.4 Å². The maximum atomic E-state index is 12.4. The Balaban J connectivity index is 1.61. The van der Waals surface area contributed by atoms with Gasteiger partial charge >= 0.3 is 0 Å². The summed E-state index contributed by atoms with van der Waals surface area (Å²) in [5.74, 6) is 0.827. The number of likely N-dealkylation sites (N-methyl/N-ethyl adjacent to an activating group) is 1. The second-order valence-electron chi connectivity index (χ2n) is 9.92. The van der Waals surface area contributed by atoms with Crippen LogP contribution in [0.4, 0.5) is 28.6 Å². The van der Waals surface area contributed by atoms with Gasteiger partial charge in [0.15, 0.2) is 0 Å². The first kappa shape index (κ1) is 30.0. The summed E-state index contributed by atoms with van der Waals surface area (Å²) in [7, 11) is 6.91. The highest BCUT2D eigenvalue weighted by Gasteiger charge is 2.24. The van der Waals surface area contributed by atoms with Crippen molar-refractivity contribution in [1.29, 1.82) is 5.41 Å². The molecular formula is C30H37N9O3. The summed E-state index contributed by atoms with van der Waals surface area (Å²) >= 11 is 0. The Morgan fingerprint density at radius 3 is 2.48 bits per heavy atom. The normalized spacial score (nSPS) is 13.2. The molecule has 1 saturated heterocycles. The van der Waals surface area contributed by atoms with Gasteiger partial charge in [0.25, 0.3) is 0 Å². The predicted octanol–water partition coefficient (Wildman–Crippen LogP) is 3.27. The van der Waals surface area contributed by atoms with Crippen molar-refractivity contribution in [3.63, 3.8) is 0 Å². The Labute approximate surface area is 245 Å². The third kappa shape index (κ3) is 7.02. The van der Waals surface area contributed by atoms with Gasteiger partial charge in [0, 0.05) is 82.5 Å².